The molecule has 0 aromatic heterocycles. The zero-order valence-electron chi connectivity index (χ0n) is 14.3. The van der Waals surface area contributed by atoms with Crippen LogP contribution in [0.4, 0.5) is 11.4 Å². The van der Waals surface area contributed by atoms with Crippen LogP contribution >= 0.6 is 0 Å². The molecule has 1 fully saturated rings. The Kier molecular flexibility index (Phi) is 4.84. The van der Waals surface area contributed by atoms with Crippen LogP contribution in [0.2, 0.25) is 0 Å². The van der Waals surface area contributed by atoms with Crippen molar-refractivity contribution in [2.75, 3.05) is 10.6 Å². The summed E-state index contributed by atoms with van der Waals surface area (Å²) in [7, 11) is 0. The fourth-order valence-electron chi connectivity index (χ4n) is 3.82. The molecule has 2 atom stereocenters. The molecule has 1 aromatic carbocycles. The first-order valence-electron chi connectivity index (χ1n) is 8.60. The van der Waals surface area contributed by atoms with Gasteiger partial charge in [0, 0.05) is 11.8 Å². The molecule has 134 valence electrons. The number of benzene rings is 1. The van der Waals surface area contributed by atoms with Crippen LogP contribution in [-0.2, 0) is 9.59 Å². The van der Waals surface area contributed by atoms with E-state index in [2.05, 4.69) is 23.8 Å². The molecular weight excluding hydrogens is 332 g/mol. The van der Waals surface area contributed by atoms with Gasteiger partial charge in [-0.1, -0.05) is 26.0 Å². The van der Waals surface area contributed by atoms with Gasteiger partial charge in [-0.2, -0.15) is 0 Å². The summed E-state index contributed by atoms with van der Waals surface area (Å²) in [5.41, 5.74) is 0.887. The SMILES string of the molecule is C=CC(=O)Nc1ccc(NC(=O)C=C)c2c1C(=O)C1CCCCC1C2=O. The van der Waals surface area contributed by atoms with E-state index in [-0.39, 0.29) is 45.9 Å². The third-order valence-electron chi connectivity index (χ3n) is 5.02. The number of amides is 2. The van der Waals surface area contributed by atoms with Gasteiger partial charge in [-0.25, -0.2) is 0 Å². The highest BCUT2D eigenvalue weighted by Gasteiger charge is 2.44. The van der Waals surface area contributed by atoms with E-state index in [1.54, 1.807) is 0 Å². The van der Waals surface area contributed by atoms with E-state index < -0.39 is 11.8 Å². The average Bonchev–Trinajstić information content (AvgIpc) is 2.66. The van der Waals surface area contributed by atoms with Crippen molar-refractivity contribution in [2.45, 2.75) is 25.7 Å². The smallest absolute Gasteiger partial charge is 0.247 e. The molecule has 0 spiro atoms. The molecule has 1 saturated carbocycles. The number of fused-ring (bicyclic) bond motifs is 2. The highest BCUT2D eigenvalue weighted by molar-refractivity contribution is 6.23. The van der Waals surface area contributed by atoms with E-state index in [1.165, 1.54) is 12.1 Å². The lowest BCUT2D eigenvalue weighted by molar-refractivity contribution is -0.112. The molecule has 26 heavy (non-hydrogen) atoms. The quantitative estimate of drug-likeness (QED) is 0.814. The molecule has 0 radical (unpaired) electrons. The second kappa shape index (κ2) is 7.07. The summed E-state index contributed by atoms with van der Waals surface area (Å²) in [4.78, 5) is 49.7. The third-order valence-corrected chi connectivity index (χ3v) is 5.02. The number of carbonyl (C=O) groups is 4. The lowest BCUT2D eigenvalue weighted by atomic mass is 9.67. The molecule has 6 nitrogen and oxygen atoms in total. The second-order valence-electron chi connectivity index (χ2n) is 6.52. The van der Waals surface area contributed by atoms with E-state index in [0.29, 0.717) is 12.8 Å². The van der Waals surface area contributed by atoms with Gasteiger partial charge >= 0.3 is 0 Å². The van der Waals surface area contributed by atoms with Gasteiger partial charge in [0.25, 0.3) is 0 Å². The molecule has 0 heterocycles. The van der Waals surface area contributed by atoms with Gasteiger partial charge in [0.2, 0.25) is 11.8 Å². The summed E-state index contributed by atoms with van der Waals surface area (Å²) in [6.07, 6.45) is 5.31. The van der Waals surface area contributed by atoms with E-state index >= 15 is 0 Å². The Morgan fingerprint density at radius 3 is 1.58 bits per heavy atom. The van der Waals surface area contributed by atoms with Gasteiger partial charge in [-0.3, -0.25) is 19.2 Å². The fraction of sp³-hybridized carbons (Fsp3) is 0.300. The number of nitrogens with one attached hydrogen (secondary N) is 2. The van der Waals surface area contributed by atoms with Crippen molar-refractivity contribution >= 4 is 34.8 Å². The lowest BCUT2D eigenvalue weighted by Gasteiger charge is -2.35. The molecule has 1 aromatic rings. The van der Waals surface area contributed by atoms with Gasteiger partial charge in [0.15, 0.2) is 11.6 Å². The van der Waals surface area contributed by atoms with Crippen molar-refractivity contribution in [1.29, 1.82) is 0 Å². The van der Waals surface area contributed by atoms with Crippen molar-refractivity contribution in [3.63, 3.8) is 0 Å². The highest BCUT2D eigenvalue weighted by atomic mass is 16.2. The van der Waals surface area contributed by atoms with Gasteiger partial charge in [0.05, 0.1) is 22.5 Å². The lowest BCUT2D eigenvalue weighted by Crippen LogP contribution is -2.39. The minimum atomic E-state index is -0.471. The van der Waals surface area contributed by atoms with E-state index in [4.69, 9.17) is 0 Å². The topological polar surface area (TPSA) is 92.3 Å². The Labute approximate surface area is 151 Å². The van der Waals surface area contributed by atoms with Crippen LogP contribution in [0.5, 0.6) is 0 Å². The standard InChI is InChI=1S/C20H20N2O4/c1-3-15(23)21-13-9-10-14(22-16(24)4-2)18-17(13)19(25)11-7-5-6-8-12(11)20(18)26/h3-4,9-12H,1-2,5-8H2,(H,21,23)(H,22,24). The number of hydrogen-bond donors (Lipinski definition) is 2. The first kappa shape index (κ1) is 17.8. The number of anilines is 2. The molecule has 2 aliphatic carbocycles. The first-order valence-corrected chi connectivity index (χ1v) is 8.60. The van der Waals surface area contributed by atoms with Crippen molar-refractivity contribution in [2.24, 2.45) is 11.8 Å². The monoisotopic (exact) mass is 352 g/mol. The van der Waals surface area contributed by atoms with Crippen LogP contribution in [0.15, 0.2) is 37.4 Å². The van der Waals surface area contributed by atoms with Gasteiger partial charge in [-0.15, -0.1) is 0 Å². The van der Waals surface area contributed by atoms with Crippen molar-refractivity contribution in [3.05, 3.63) is 48.6 Å². The van der Waals surface area contributed by atoms with Gasteiger partial charge in [0.1, 0.15) is 0 Å². The molecule has 0 saturated heterocycles. The van der Waals surface area contributed by atoms with Gasteiger partial charge in [-0.05, 0) is 37.1 Å². The Balaban J connectivity index is 2.17. The molecule has 2 unspecified atom stereocenters. The largest absolute Gasteiger partial charge is 0.322 e. The first-order chi connectivity index (χ1) is 12.5. The summed E-state index contributed by atoms with van der Waals surface area (Å²) >= 11 is 0. The number of hydrogen-bond acceptors (Lipinski definition) is 4. The van der Waals surface area contributed by atoms with Crippen LogP contribution in [0, 0.1) is 11.8 Å². The van der Waals surface area contributed by atoms with E-state index in [9.17, 15) is 19.2 Å². The molecule has 2 aliphatic rings. The Bertz CT molecular complexity index is 771. The summed E-state index contributed by atoms with van der Waals surface area (Å²) in [5.74, 6) is -1.99. The number of rotatable bonds is 4. The molecule has 2 amide bonds. The zero-order chi connectivity index (χ0) is 18.8. The number of Topliss-reactive ketones (excluding diaryl/α,β-unsaturated/α-hetero) is 2. The third kappa shape index (κ3) is 2.98. The number of carbonyl (C=O) groups excluding carboxylic acids is 4. The molecule has 6 heteroatoms. The maximum atomic E-state index is 13.1. The molecule has 0 bridgehead atoms. The van der Waals surface area contributed by atoms with Crippen LogP contribution in [0.3, 0.4) is 0 Å². The summed E-state index contributed by atoms with van der Waals surface area (Å²) in [5, 5.41) is 5.20. The molecular formula is C20H20N2O4. The molecule has 0 aliphatic heterocycles. The normalized spacial score (nSPS) is 21.2. The second-order valence-corrected chi connectivity index (χ2v) is 6.52. The minimum Gasteiger partial charge on any atom is -0.322 e. The Morgan fingerprint density at radius 1 is 0.846 bits per heavy atom. The minimum absolute atomic E-state index is 0.154. The van der Waals surface area contributed by atoms with Crippen molar-refractivity contribution in [1.82, 2.24) is 0 Å². The van der Waals surface area contributed by atoms with Gasteiger partial charge < -0.3 is 10.6 Å². The fourth-order valence-corrected chi connectivity index (χ4v) is 3.82. The summed E-state index contributed by atoms with van der Waals surface area (Å²) in [6, 6.07) is 3.04. The van der Waals surface area contributed by atoms with Crippen LogP contribution in [0.25, 0.3) is 0 Å². The van der Waals surface area contributed by atoms with Crippen LogP contribution < -0.4 is 10.6 Å². The van der Waals surface area contributed by atoms with Crippen molar-refractivity contribution in [3.8, 4) is 0 Å². The van der Waals surface area contributed by atoms with Crippen LogP contribution in [0.1, 0.15) is 46.4 Å². The number of ketones is 2. The predicted octanol–water partition coefficient (Wildman–Crippen LogP) is 3.12. The molecule has 2 N–H and O–H groups in total. The zero-order valence-corrected chi connectivity index (χ0v) is 14.3. The Morgan fingerprint density at radius 2 is 1.23 bits per heavy atom. The maximum absolute atomic E-state index is 13.1. The van der Waals surface area contributed by atoms with Crippen molar-refractivity contribution < 1.29 is 19.2 Å². The summed E-state index contributed by atoms with van der Waals surface area (Å²) in [6.45, 7) is 6.81. The van der Waals surface area contributed by atoms with E-state index in [1.807, 2.05) is 0 Å². The summed E-state index contributed by atoms with van der Waals surface area (Å²) < 4.78 is 0. The average molecular weight is 352 g/mol. The highest BCUT2D eigenvalue weighted by Crippen LogP contribution is 2.44. The maximum Gasteiger partial charge on any atom is 0.247 e. The Hall–Kier alpha value is -3.02. The van der Waals surface area contributed by atoms with Crippen LogP contribution in [-0.4, -0.2) is 23.4 Å². The van der Waals surface area contributed by atoms with E-state index in [0.717, 1.165) is 25.0 Å². The molecule has 3 rings (SSSR count). The predicted molar refractivity (Wildman–Crippen MR) is 98.2 cm³/mol.